The SMILES string of the molecule is NCC1(CC(=O)Nc2cccc(F)c2)CCCCC1. The molecule has 0 saturated heterocycles. The molecular formula is C15H21FN2O. The van der Waals surface area contributed by atoms with Crippen molar-refractivity contribution in [3.8, 4) is 0 Å². The number of hydrogen-bond acceptors (Lipinski definition) is 2. The van der Waals surface area contributed by atoms with Gasteiger partial charge in [-0.25, -0.2) is 4.39 Å². The molecule has 0 aliphatic heterocycles. The average Bonchev–Trinajstić information content (AvgIpc) is 2.39. The van der Waals surface area contributed by atoms with E-state index in [9.17, 15) is 9.18 Å². The van der Waals surface area contributed by atoms with E-state index in [2.05, 4.69) is 5.32 Å². The fourth-order valence-corrected chi connectivity index (χ4v) is 2.87. The number of benzene rings is 1. The molecule has 4 heteroatoms. The summed E-state index contributed by atoms with van der Waals surface area (Å²) < 4.78 is 13.0. The van der Waals surface area contributed by atoms with E-state index in [0.717, 1.165) is 25.7 Å². The van der Waals surface area contributed by atoms with Crippen LogP contribution in [0, 0.1) is 11.2 Å². The highest BCUT2D eigenvalue weighted by Crippen LogP contribution is 2.38. The molecule has 1 aliphatic carbocycles. The molecule has 1 fully saturated rings. The van der Waals surface area contributed by atoms with Crippen LogP contribution in [0.25, 0.3) is 0 Å². The minimum atomic E-state index is -0.344. The Balaban J connectivity index is 1.96. The number of hydrogen-bond donors (Lipinski definition) is 2. The highest BCUT2D eigenvalue weighted by Gasteiger charge is 2.32. The predicted molar refractivity (Wildman–Crippen MR) is 74.2 cm³/mol. The normalized spacial score (nSPS) is 18.0. The van der Waals surface area contributed by atoms with Crippen LogP contribution in [-0.2, 0) is 4.79 Å². The van der Waals surface area contributed by atoms with Crippen LogP contribution in [0.1, 0.15) is 38.5 Å². The molecule has 1 aromatic rings. The number of rotatable bonds is 4. The van der Waals surface area contributed by atoms with E-state index < -0.39 is 0 Å². The zero-order valence-electron chi connectivity index (χ0n) is 11.1. The van der Waals surface area contributed by atoms with Gasteiger partial charge in [0.2, 0.25) is 5.91 Å². The monoisotopic (exact) mass is 264 g/mol. The predicted octanol–water partition coefficient (Wildman–Crippen LogP) is 3.06. The zero-order valence-corrected chi connectivity index (χ0v) is 11.1. The lowest BCUT2D eigenvalue weighted by Crippen LogP contribution is -2.36. The van der Waals surface area contributed by atoms with Crippen LogP contribution in [0.5, 0.6) is 0 Å². The third-order valence-corrected chi connectivity index (χ3v) is 3.99. The van der Waals surface area contributed by atoms with Gasteiger partial charge >= 0.3 is 0 Å². The van der Waals surface area contributed by atoms with Gasteiger partial charge < -0.3 is 11.1 Å². The molecule has 19 heavy (non-hydrogen) atoms. The van der Waals surface area contributed by atoms with Gasteiger partial charge in [0, 0.05) is 12.1 Å². The summed E-state index contributed by atoms with van der Waals surface area (Å²) in [6, 6.07) is 5.97. The lowest BCUT2D eigenvalue weighted by atomic mass is 9.71. The van der Waals surface area contributed by atoms with Crippen molar-refractivity contribution in [2.45, 2.75) is 38.5 Å². The van der Waals surface area contributed by atoms with Gasteiger partial charge in [-0.05, 0) is 43.0 Å². The minimum absolute atomic E-state index is 0.0599. The topological polar surface area (TPSA) is 55.1 Å². The fourth-order valence-electron chi connectivity index (χ4n) is 2.87. The number of nitrogens with two attached hydrogens (primary N) is 1. The van der Waals surface area contributed by atoms with Gasteiger partial charge in [-0.3, -0.25) is 4.79 Å². The Hall–Kier alpha value is -1.42. The molecule has 2 rings (SSSR count). The summed E-state index contributed by atoms with van der Waals surface area (Å²) in [5, 5.41) is 2.75. The van der Waals surface area contributed by atoms with Crippen molar-refractivity contribution in [2.24, 2.45) is 11.1 Å². The molecule has 3 nitrogen and oxygen atoms in total. The van der Waals surface area contributed by atoms with Crippen LogP contribution in [0.2, 0.25) is 0 Å². The summed E-state index contributed by atoms with van der Waals surface area (Å²) in [5.41, 5.74) is 6.31. The Morgan fingerprint density at radius 1 is 1.32 bits per heavy atom. The van der Waals surface area contributed by atoms with Crippen molar-refractivity contribution >= 4 is 11.6 Å². The number of anilines is 1. The maximum Gasteiger partial charge on any atom is 0.224 e. The molecule has 0 unspecified atom stereocenters. The van der Waals surface area contributed by atoms with E-state index in [1.165, 1.54) is 18.6 Å². The second-order valence-electron chi connectivity index (χ2n) is 5.50. The van der Waals surface area contributed by atoms with Gasteiger partial charge in [0.05, 0.1) is 0 Å². The van der Waals surface area contributed by atoms with Gasteiger partial charge in [-0.15, -0.1) is 0 Å². The fraction of sp³-hybridized carbons (Fsp3) is 0.533. The van der Waals surface area contributed by atoms with Crippen LogP contribution >= 0.6 is 0 Å². The maximum absolute atomic E-state index is 13.0. The summed E-state index contributed by atoms with van der Waals surface area (Å²) in [6.07, 6.45) is 5.97. The molecule has 1 saturated carbocycles. The van der Waals surface area contributed by atoms with Crippen molar-refractivity contribution < 1.29 is 9.18 Å². The first kappa shape index (κ1) is 14.0. The van der Waals surface area contributed by atoms with Crippen molar-refractivity contribution in [2.75, 3.05) is 11.9 Å². The Bertz CT molecular complexity index is 442. The number of halogens is 1. The van der Waals surface area contributed by atoms with E-state index in [1.54, 1.807) is 12.1 Å². The summed E-state index contributed by atoms with van der Waals surface area (Å²) in [6.45, 7) is 0.545. The molecule has 1 amide bonds. The number of amides is 1. The number of carbonyl (C=O) groups is 1. The Morgan fingerprint density at radius 3 is 2.68 bits per heavy atom. The van der Waals surface area contributed by atoms with Crippen molar-refractivity contribution in [3.05, 3.63) is 30.1 Å². The van der Waals surface area contributed by atoms with Gasteiger partial charge in [0.15, 0.2) is 0 Å². The second kappa shape index (κ2) is 6.15. The number of nitrogens with one attached hydrogen (secondary N) is 1. The first-order valence-electron chi connectivity index (χ1n) is 6.89. The van der Waals surface area contributed by atoms with Crippen LogP contribution in [0.4, 0.5) is 10.1 Å². The summed E-state index contributed by atoms with van der Waals surface area (Å²) in [5.74, 6) is -0.415. The van der Waals surface area contributed by atoms with Crippen molar-refractivity contribution in [1.82, 2.24) is 0 Å². The molecule has 1 aromatic carbocycles. The first-order chi connectivity index (χ1) is 9.13. The molecule has 0 heterocycles. The third-order valence-electron chi connectivity index (χ3n) is 3.99. The first-order valence-corrected chi connectivity index (χ1v) is 6.89. The van der Waals surface area contributed by atoms with Gasteiger partial charge in [0.25, 0.3) is 0 Å². The summed E-state index contributed by atoms with van der Waals surface area (Å²) in [4.78, 5) is 12.1. The van der Waals surface area contributed by atoms with Crippen LogP contribution in [0.15, 0.2) is 24.3 Å². The maximum atomic E-state index is 13.0. The van der Waals surface area contributed by atoms with Gasteiger partial charge in [0.1, 0.15) is 5.82 Å². The highest BCUT2D eigenvalue weighted by molar-refractivity contribution is 5.91. The van der Waals surface area contributed by atoms with E-state index in [4.69, 9.17) is 5.73 Å². The van der Waals surface area contributed by atoms with Crippen molar-refractivity contribution in [1.29, 1.82) is 0 Å². The largest absolute Gasteiger partial charge is 0.330 e. The molecular weight excluding hydrogens is 243 g/mol. The smallest absolute Gasteiger partial charge is 0.224 e. The molecule has 0 spiro atoms. The Labute approximate surface area is 113 Å². The van der Waals surface area contributed by atoms with Crippen LogP contribution in [0.3, 0.4) is 0 Å². The second-order valence-corrected chi connectivity index (χ2v) is 5.50. The quantitative estimate of drug-likeness (QED) is 0.878. The molecule has 3 N–H and O–H groups in total. The standard InChI is InChI=1S/C15H21FN2O/c16-12-5-4-6-13(9-12)18-14(19)10-15(11-17)7-2-1-3-8-15/h4-6,9H,1-3,7-8,10-11,17H2,(H,18,19). The van der Waals surface area contributed by atoms with E-state index in [0.29, 0.717) is 18.7 Å². The lowest BCUT2D eigenvalue weighted by molar-refractivity contribution is -0.118. The minimum Gasteiger partial charge on any atom is -0.330 e. The molecule has 1 aliphatic rings. The van der Waals surface area contributed by atoms with Gasteiger partial charge in [-0.2, -0.15) is 0 Å². The Morgan fingerprint density at radius 2 is 2.05 bits per heavy atom. The average molecular weight is 264 g/mol. The highest BCUT2D eigenvalue weighted by atomic mass is 19.1. The third kappa shape index (κ3) is 3.77. The summed E-state index contributed by atoms with van der Waals surface area (Å²) >= 11 is 0. The van der Waals surface area contributed by atoms with Crippen LogP contribution in [-0.4, -0.2) is 12.5 Å². The van der Waals surface area contributed by atoms with E-state index >= 15 is 0 Å². The number of carbonyl (C=O) groups excluding carboxylic acids is 1. The lowest BCUT2D eigenvalue weighted by Gasteiger charge is -2.35. The molecule has 0 bridgehead atoms. The molecule has 0 atom stereocenters. The van der Waals surface area contributed by atoms with E-state index in [-0.39, 0.29) is 17.1 Å². The van der Waals surface area contributed by atoms with Gasteiger partial charge in [-0.1, -0.05) is 25.3 Å². The van der Waals surface area contributed by atoms with Crippen LogP contribution < -0.4 is 11.1 Å². The Kier molecular flexibility index (Phi) is 4.53. The van der Waals surface area contributed by atoms with Crippen molar-refractivity contribution in [3.63, 3.8) is 0 Å². The zero-order chi connectivity index (χ0) is 13.7. The van der Waals surface area contributed by atoms with E-state index in [1.807, 2.05) is 0 Å². The summed E-state index contributed by atoms with van der Waals surface area (Å²) in [7, 11) is 0. The molecule has 104 valence electrons. The molecule has 0 radical (unpaired) electrons. The molecule has 0 aromatic heterocycles.